The van der Waals surface area contributed by atoms with Gasteiger partial charge in [-0.3, -0.25) is 0 Å². The average Bonchev–Trinajstić information content (AvgIpc) is 3.33. The van der Waals surface area contributed by atoms with Gasteiger partial charge in [0.05, 0.1) is 11.3 Å². The summed E-state index contributed by atoms with van der Waals surface area (Å²) >= 11 is 0. The Bertz CT molecular complexity index is 1330. The van der Waals surface area contributed by atoms with Crippen LogP contribution in [0.3, 0.4) is 0 Å². The normalized spacial score (nSPS) is 17.5. The predicted molar refractivity (Wildman–Crippen MR) is 118 cm³/mol. The van der Waals surface area contributed by atoms with E-state index in [0.717, 1.165) is 58.8 Å². The first kappa shape index (κ1) is 21.2. The van der Waals surface area contributed by atoms with Gasteiger partial charge in [0.2, 0.25) is 5.88 Å². The Hall–Kier alpha value is -3.62. The first-order valence-electron chi connectivity index (χ1n) is 10.7. The fraction of sp³-hybridized carbons (Fsp3) is 0.292. The van der Waals surface area contributed by atoms with E-state index in [0.29, 0.717) is 6.54 Å². The van der Waals surface area contributed by atoms with Gasteiger partial charge in [0.15, 0.2) is 0 Å². The third kappa shape index (κ3) is 3.88. The number of rotatable bonds is 4. The van der Waals surface area contributed by atoms with Crippen molar-refractivity contribution in [3.05, 3.63) is 77.6 Å². The Morgan fingerprint density at radius 1 is 1.15 bits per heavy atom. The molecule has 3 heterocycles. The van der Waals surface area contributed by atoms with Gasteiger partial charge in [0.1, 0.15) is 5.82 Å². The Morgan fingerprint density at radius 3 is 2.67 bits per heavy atom. The number of nitrogens with zero attached hydrogens (tertiary/aromatic N) is 5. The Kier molecular flexibility index (Phi) is 5.19. The minimum atomic E-state index is -4.45. The number of hydrogen-bond donors (Lipinski definition) is 0. The van der Waals surface area contributed by atoms with E-state index in [1.165, 1.54) is 6.07 Å². The van der Waals surface area contributed by atoms with E-state index in [4.69, 9.17) is 4.84 Å². The van der Waals surface area contributed by atoms with Crippen LogP contribution in [0.25, 0.3) is 10.9 Å². The predicted octanol–water partition coefficient (Wildman–Crippen LogP) is 5.14. The fourth-order valence-corrected chi connectivity index (χ4v) is 4.51. The van der Waals surface area contributed by atoms with E-state index in [1.807, 2.05) is 32.3 Å². The molecule has 33 heavy (non-hydrogen) atoms. The number of aryl methyl sites for hydroxylation is 2. The summed E-state index contributed by atoms with van der Waals surface area (Å²) in [7, 11) is 2.04. The number of pyridine rings is 1. The zero-order valence-electron chi connectivity index (χ0n) is 18.2. The van der Waals surface area contributed by atoms with Crippen LogP contribution in [0.4, 0.5) is 13.2 Å². The number of alkyl halides is 3. The lowest BCUT2D eigenvalue weighted by Crippen LogP contribution is -2.28. The third-order valence-electron chi connectivity index (χ3n) is 6.24. The van der Waals surface area contributed by atoms with Gasteiger partial charge in [-0.25, -0.2) is 9.97 Å². The van der Waals surface area contributed by atoms with Crippen LogP contribution < -0.4 is 4.84 Å². The van der Waals surface area contributed by atoms with Crippen LogP contribution in [-0.2, 0) is 26.2 Å². The molecule has 6 nitrogen and oxygen atoms in total. The van der Waals surface area contributed by atoms with Gasteiger partial charge in [-0.2, -0.15) is 13.2 Å². The van der Waals surface area contributed by atoms with Gasteiger partial charge < -0.3 is 14.0 Å². The van der Waals surface area contributed by atoms with Gasteiger partial charge in [0.25, 0.3) is 0 Å². The number of oxime groups is 1. The Morgan fingerprint density at radius 2 is 1.97 bits per heavy atom. The van der Waals surface area contributed by atoms with Crippen molar-refractivity contribution in [3.63, 3.8) is 0 Å². The second-order valence-electron chi connectivity index (χ2n) is 8.21. The summed E-state index contributed by atoms with van der Waals surface area (Å²) in [6, 6.07) is 10.2. The van der Waals surface area contributed by atoms with Crippen LogP contribution >= 0.6 is 0 Å². The molecule has 5 rings (SSSR count). The lowest BCUT2D eigenvalue weighted by Gasteiger charge is -2.26. The summed E-state index contributed by atoms with van der Waals surface area (Å²) in [5.74, 6) is 0.967. The van der Waals surface area contributed by atoms with Crippen molar-refractivity contribution >= 4 is 16.6 Å². The molecule has 0 radical (unpaired) electrons. The maximum absolute atomic E-state index is 12.9. The van der Waals surface area contributed by atoms with Crippen LogP contribution in [0.15, 0.2) is 60.1 Å². The van der Waals surface area contributed by atoms with Gasteiger partial charge in [-0.15, -0.1) is 0 Å². The molecule has 170 valence electrons. The Balaban J connectivity index is 1.56. The van der Waals surface area contributed by atoms with Crippen LogP contribution in [0.5, 0.6) is 5.88 Å². The summed E-state index contributed by atoms with van der Waals surface area (Å²) in [6.07, 6.45) is 1.75. The molecular weight excluding hydrogens is 431 g/mol. The first-order chi connectivity index (χ1) is 15.8. The summed E-state index contributed by atoms with van der Waals surface area (Å²) in [4.78, 5) is 13.7. The summed E-state index contributed by atoms with van der Waals surface area (Å²) < 4.78 is 42.8. The molecule has 1 aliphatic carbocycles. The summed E-state index contributed by atoms with van der Waals surface area (Å²) in [5, 5.41) is 5.54. The maximum Gasteiger partial charge on any atom is 0.417 e. The monoisotopic (exact) mass is 453 g/mol. The van der Waals surface area contributed by atoms with E-state index in [-0.39, 0.29) is 11.8 Å². The molecule has 1 aromatic carbocycles. The zero-order chi connectivity index (χ0) is 23.2. The van der Waals surface area contributed by atoms with E-state index < -0.39 is 11.7 Å². The van der Waals surface area contributed by atoms with Crippen molar-refractivity contribution in [3.8, 4) is 5.88 Å². The van der Waals surface area contributed by atoms with Gasteiger partial charge >= 0.3 is 6.18 Å². The number of aromatic nitrogens is 4. The lowest BCUT2D eigenvalue weighted by molar-refractivity contribution is -0.137. The van der Waals surface area contributed by atoms with Crippen LogP contribution in [0, 0.1) is 12.8 Å². The average molecular weight is 453 g/mol. The second-order valence-corrected chi connectivity index (χ2v) is 8.21. The molecule has 1 aliphatic rings. The molecular formula is C24H22F3N5O. The maximum atomic E-state index is 12.9. The van der Waals surface area contributed by atoms with E-state index >= 15 is 0 Å². The molecule has 0 fully saturated rings. The highest BCUT2D eigenvalue weighted by Gasteiger charge is 2.32. The SMILES string of the molecule is Cc1nccn1CC1CCc2c(c3ccccc3n2C)C1=NOc1ccc(C(F)(F)F)cn1. The van der Waals surface area contributed by atoms with Crippen molar-refractivity contribution < 1.29 is 18.0 Å². The number of fused-ring (bicyclic) bond motifs is 3. The van der Waals surface area contributed by atoms with E-state index in [2.05, 4.69) is 36.4 Å². The van der Waals surface area contributed by atoms with Gasteiger partial charge in [-0.1, -0.05) is 23.4 Å². The molecule has 0 aliphatic heterocycles. The molecule has 9 heteroatoms. The molecule has 0 saturated heterocycles. The highest BCUT2D eigenvalue weighted by atomic mass is 19.4. The second kappa shape index (κ2) is 8.06. The lowest BCUT2D eigenvalue weighted by atomic mass is 9.84. The highest BCUT2D eigenvalue weighted by Crippen LogP contribution is 2.35. The molecule has 0 spiro atoms. The number of imidazole rings is 1. The quantitative estimate of drug-likeness (QED) is 0.402. The zero-order valence-corrected chi connectivity index (χ0v) is 18.2. The Labute approximate surface area is 188 Å². The van der Waals surface area contributed by atoms with E-state index in [9.17, 15) is 13.2 Å². The first-order valence-corrected chi connectivity index (χ1v) is 10.7. The number of halogens is 3. The number of benzene rings is 1. The van der Waals surface area contributed by atoms with Crippen LogP contribution in [-0.4, -0.2) is 24.8 Å². The minimum absolute atomic E-state index is 0.0143. The van der Waals surface area contributed by atoms with Crippen molar-refractivity contribution in [2.45, 2.75) is 32.5 Å². The molecule has 4 aromatic rings. The van der Waals surface area contributed by atoms with Crippen molar-refractivity contribution in [1.29, 1.82) is 0 Å². The van der Waals surface area contributed by atoms with Crippen LogP contribution in [0.2, 0.25) is 0 Å². The van der Waals surface area contributed by atoms with Crippen molar-refractivity contribution in [2.75, 3.05) is 0 Å². The molecule has 0 amide bonds. The smallest absolute Gasteiger partial charge is 0.347 e. The largest absolute Gasteiger partial charge is 0.417 e. The standard InChI is InChI=1S/C24H22F3N5O/c1-15-28-11-12-32(15)14-16-7-9-20-22(18-5-3-4-6-19(18)31(20)2)23(16)30-33-21-10-8-17(13-29-21)24(25,26)27/h3-6,8,10-13,16H,7,9,14H2,1-2H3. The summed E-state index contributed by atoms with van der Waals surface area (Å²) in [6.45, 7) is 2.63. The molecule has 0 saturated carbocycles. The van der Waals surface area contributed by atoms with Crippen molar-refractivity contribution in [2.24, 2.45) is 18.1 Å². The highest BCUT2D eigenvalue weighted by molar-refractivity contribution is 6.13. The van der Waals surface area contributed by atoms with Crippen molar-refractivity contribution in [1.82, 2.24) is 19.1 Å². The molecule has 1 unspecified atom stereocenters. The van der Waals surface area contributed by atoms with E-state index in [1.54, 1.807) is 6.20 Å². The topological polar surface area (TPSA) is 57.2 Å². The fourth-order valence-electron chi connectivity index (χ4n) is 4.51. The number of para-hydroxylation sites is 1. The molecule has 0 N–H and O–H groups in total. The van der Waals surface area contributed by atoms with Gasteiger partial charge in [-0.05, 0) is 31.9 Å². The summed E-state index contributed by atoms with van der Waals surface area (Å²) in [5.41, 5.74) is 3.22. The van der Waals surface area contributed by atoms with Crippen LogP contribution in [0.1, 0.15) is 29.1 Å². The minimum Gasteiger partial charge on any atom is -0.347 e. The third-order valence-corrected chi connectivity index (χ3v) is 6.24. The molecule has 1 atom stereocenters. The molecule has 0 bridgehead atoms. The number of hydrogen-bond acceptors (Lipinski definition) is 4. The molecule has 3 aromatic heterocycles. The van der Waals surface area contributed by atoms with Gasteiger partial charge in [0, 0.05) is 66.3 Å².